The third kappa shape index (κ3) is 4.22. The molecule has 4 rings (SSSR count). The smallest absolute Gasteiger partial charge is 0.0374 e. The van der Waals surface area contributed by atoms with Gasteiger partial charge in [0.15, 0.2) is 0 Å². The Labute approximate surface area is 163 Å². The van der Waals surface area contributed by atoms with Crippen molar-refractivity contribution in [2.75, 3.05) is 32.7 Å². The molecule has 0 radical (unpaired) electrons. The van der Waals surface area contributed by atoms with Gasteiger partial charge in [-0.15, -0.1) is 0 Å². The lowest BCUT2D eigenvalue weighted by Crippen LogP contribution is -2.67. The van der Waals surface area contributed by atoms with Crippen LogP contribution in [-0.4, -0.2) is 48.6 Å². The first kappa shape index (κ1) is 20.4. The van der Waals surface area contributed by atoms with Crippen molar-refractivity contribution in [3.8, 4) is 0 Å². The summed E-state index contributed by atoms with van der Waals surface area (Å²) < 4.78 is 0. The third-order valence-corrected chi connectivity index (χ3v) is 7.65. The van der Waals surface area contributed by atoms with Gasteiger partial charge in [0.05, 0.1) is 0 Å². The lowest BCUT2D eigenvalue weighted by atomic mass is 9.55. The molecule has 0 saturated carbocycles. The van der Waals surface area contributed by atoms with Gasteiger partial charge in [-0.25, -0.2) is 0 Å². The van der Waals surface area contributed by atoms with E-state index in [0.717, 1.165) is 11.8 Å². The van der Waals surface area contributed by atoms with Gasteiger partial charge < -0.3 is 4.90 Å². The van der Waals surface area contributed by atoms with Gasteiger partial charge >= 0.3 is 0 Å². The van der Waals surface area contributed by atoms with Gasteiger partial charge in [0.1, 0.15) is 0 Å². The first-order chi connectivity index (χ1) is 12.6. The molecule has 2 saturated heterocycles. The lowest BCUT2D eigenvalue weighted by molar-refractivity contribution is -0.0934. The number of likely N-dealkylation sites (tertiary alicyclic amines) is 1. The number of fused-ring (bicyclic) bond motifs is 1. The molecule has 4 aliphatic rings. The Morgan fingerprint density at radius 2 is 1.69 bits per heavy atom. The molecule has 2 heteroatoms. The summed E-state index contributed by atoms with van der Waals surface area (Å²) in [5.74, 6) is 1.74. The van der Waals surface area contributed by atoms with Crippen molar-refractivity contribution in [3.05, 3.63) is 11.6 Å². The van der Waals surface area contributed by atoms with Crippen LogP contribution in [0.1, 0.15) is 85.5 Å². The lowest BCUT2D eigenvalue weighted by Gasteiger charge is -2.63. The number of hydrogen-bond donors (Lipinski definition) is 0. The van der Waals surface area contributed by atoms with E-state index in [9.17, 15) is 0 Å². The molecule has 150 valence electrons. The van der Waals surface area contributed by atoms with Gasteiger partial charge in [0, 0.05) is 24.5 Å². The fourth-order valence-electron chi connectivity index (χ4n) is 6.56. The Hall–Kier alpha value is -0.340. The van der Waals surface area contributed by atoms with Crippen LogP contribution < -0.4 is 0 Å². The van der Waals surface area contributed by atoms with Crippen molar-refractivity contribution < 1.29 is 0 Å². The SMILES string of the molecule is CCCCCCN1CC[C@H]2[C@H]3C=C(C)[C@H](N(CCCCCC)C3)[C@@]2(C)C1. The highest BCUT2D eigenvalue weighted by Crippen LogP contribution is 2.54. The van der Waals surface area contributed by atoms with E-state index >= 15 is 0 Å². The molecule has 0 aromatic rings. The minimum absolute atomic E-state index is 0.482. The number of piperidine rings is 2. The molecular formula is C24H44N2. The van der Waals surface area contributed by atoms with Crippen LogP contribution in [0.2, 0.25) is 0 Å². The first-order valence-electron chi connectivity index (χ1n) is 11.7. The Kier molecular flexibility index (Phi) is 7.25. The van der Waals surface area contributed by atoms with Crippen molar-refractivity contribution >= 4 is 0 Å². The van der Waals surface area contributed by atoms with Gasteiger partial charge in [-0.2, -0.15) is 0 Å². The quantitative estimate of drug-likeness (QED) is 0.362. The van der Waals surface area contributed by atoms with E-state index in [2.05, 4.69) is 43.6 Å². The standard InChI is InChI=1S/C24H44N2/c1-5-7-9-11-14-25-16-13-22-21-17-20(3)23(24(22,4)19-25)26(18-21)15-12-10-8-6-2/h17,21-23H,5-16,18-19H2,1-4H3/t21-,22-,23-,24-/m0/s1. The molecule has 0 aromatic heterocycles. The highest BCUT2D eigenvalue weighted by atomic mass is 15.2. The molecule has 0 amide bonds. The van der Waals surface area contributed by atoms with E-state index < -0.39 is 0 Å². The zero-order valence-electron chi connectivity index (χ0n) is 18.1. The number of nitrogens with zero attached hydrogens (tertiary/aromatic N) is 2. The van der Waals surface area contributed by atoms with Gasteiger partial charge in [-0.05, 0) is 57.7 Å². The highest BCUT2D eigenvalue weighted by molar-refractivity contribution is 5.27. The maximum Gasteiger partial charge on any atom is 0.0374 e. The molecule has 0 N–H and O–H groups in total. The molecule has 2 fully saturated rings. The van der Waals surface area contributed by atoms with Gasteiger partial charge in [0.2, 0.25) is 0 Å². The Bertz CT molecular complexity index is 471. The summed E-state index contributed by atoms with van der Waals surface area (Å²) in [7, 11) is 0. The molecule has 3 heterocycles. The maximum absolute atomic E-state index is 2.88. The summed E-state index contributed by atoms with van der Waals surface area (Å²) in [6.45, 7) is 16.4. The van der Waals surface area contributed by atoms with Crippen LogP contribution in [0.4, 0.5) is 0 Å². The summed E-state index contributed by atoms with van der Waals surface area (Å²) >= 11 is 0. The van der Waals surface area contributed by atoms with Crippen LogP contribution in [0.15, 0.2) is 11.6 Å². The van der Waals surface area contributed by atoms with E-state index in [1.165, 1.54) is 90.5 Å². The van der Waals surface area contributed by atoms with Crippen molar-refractivity contribution in [1.29, 1.82) is 0 Å². The van der Waals surface area contributed by atoms with E-state index in [4.69, 9.17) is 0 Å². The second-order valence-corrected chi connectivity index (χ2v) is 9.77. The second-order valence-electron chi connectivity index (χ2n) is 9.77. The summed E-state index contributed by atoms with van der Waals surface area (Å²) in [5, 5.41) is 0. The number of unbranched alkanes of at least 4 members (excludes halogenated alkanes) is 6. The average Bonchev–Trinajstić information content (AvgIpc) is 2.61. The summed E-state index contributed by atoms with van der Waals surface area (Å²) in [4.78, 5) is 5.70. The van der Waals surface area contributed by atoms with E-state index in [-0.39, 0.29) is 0 Å². The zero-order chi connectivity index (χ0) is 18.6. The first-order valence-corrected chi connectivity index (χ1v) is 11.7. The minimum Gasteiger partial charge on any atom is -0.303 e. The Balaban J connectivity index is 1.63. The molecule has 0 unspecified atom stereocenters. The molecule has 0 spiro atoms. The van der Waals surface area contributed by atoms with E-state index in [0.29, 0.717) is 11.5 Å². The normalized spacial score (nSPS) is 34.8. The fourth-order valence-corrected chi connectivity index (χ4v) is 6.56. The molecule has 1 aliphatic carbocycles. The van der Waals surface area contributed by atoms with Crippen LogP contribution in [0, 0.1) is 17.3 Å². The molecule has 0 aromatic carbocycles. The van der Waals surface area contributed by atoms with Crippen LogP contribution >= 0.6 is 0 Å². The summed E-state index contributed by atoms with van der Waals surface area (Å²) in [6.07, 6.45) is 15.2. The van der Waals surface area contributed by atoms with Crippen molar-refractivity contribution in [2.45, 2.75) is 91.5 Å². The predicted molar refractivity (Wildman–Crippen MR) is 114 cm³/mol. The monoisotopic (exact) mass is 360 g/mol. The molecular weight excluding hydrogens is 316 g/mol. The molecule has 3 aliphatic heterocycles. The van der Waals surface area contributed by atoms with Gasteiger partial charge in [0.25, 0.3) is 0 Å². The van der Waals surface area contributed by atoms with E-state index in [1.54, 1.807) is 5.57 Å². The molecule has 4 atom stereocenters. The second kappa shape index (κ2) is 9.24. The molecule has 2 bridgehead atoms. The largest absolute Gasteiger partial charge is 0.303 e. The maximum atomic E-state index is 2.88. The van der Waals surface area contributed by atoms with Crippen LogP contribution in [0.25, 0.3) is 0 Å². The van der Waals surface area contributed by atoms with Gasteiger partial charge in [-0.1, -0.05) is 70.9 Å². The number of hydrogen-bond acceptors (Lipinski definition) is 2. The molecule has 2 nitrogen and oxygen atoms in total. The fraction of sp³-hybridized carbons (Fsp3) is 0.917. The molecule has 26 heavy (non-hydrogen) atoms. The Morgan fingerprint density at radius 3 is 2.38 bits per heavy atom. The third-order valence-electron chi connectivity index (χ3n) is 7.65. The average molecular weight is 361 g/mol. The van der Waals surface area contributed by atoms with E-state index in [1.807, 2.05) is 0 Å². The van der Waals surface area contributed by atoms with Crippen LogP contribution in [-0.2, 0) is 0 Å². The van der Waals surface area contributed by atoms with Gasteiger partial charge in [-0.3, -0.25) is 4.90 Å². The predicted octanol–water partition coefficient (Wildman–Crippen LogP) is 5.74. The Morgan fingerprint density at radius 1 is 1.00 bits per heavy atom. The van der Waals surface area contributed by atoms with Crippen LogP contribution in [0.5, 0.6) is 0 Å². The minimum atomic E-state index is 0.482. The topological polar surface area (TPSA) is 6.48 Å². The summed E-state index contributed by atoms with van der Waals surface area (Å²) in [5.41, 5.74) is 2.17. The van der Waals surface area contributed by atoms with Crippen molar-refractivity contribution in [1.82, 2.24) is 9.80 Å². The summed E-state index contributed by atoms with van der Waals surface area (Å²) in [6, 6.07) is 0.706. The zero-order valence-corrected chi connectivity index (χ0v) is 18.1. The highest BCUT2D eigenvalue weighted by Gasteiger charge is 2.56. The van der Waals surface area contributed by atoms with Crippen molar-refractivity contribution in [2.24, 2.45) is 17.3 Å². The van der Waals surface area contributed by atoms with Crippen molar-refractivity contribution in [3.63, 3.8) is 0 Å². The van der Waals surface area contributed by atoms with Crippen LogP contribution in [0.3, 0.4) is 0 Å². The number of rotatable bonds is 10.